The fraction of sp³-hybridized carbons (Fsp3) is 0.0714. The van der Waals surface area contributed by atoms with E-state index in [1.807, 2.05) is 0 Å². The molecule has 0 bridgehead atoms. The van der Waals surface area contributed by atoms with Gasteiger partial charge in [-0.3, -0.25) is 4.79 Å². The molecule has 0 spiro atoms. The Balaban J connectivity index is 2.23. The highest BCUT2D eigenvalue weighted by molar-refractivity contribution is 6.17. The molecule has 2 aromatic carbocycles. The molecule has 0 saturated heterocycles. The maximum Gasteiger partial charge on any atom is 0.255 e. The van der Waals surface area contributed by atoms with Crippen LogP contribution in [-0.4, -0.2) is 5.91 Å². The number of hydrogen-bond acceptors (Lipinski definition) is 1. The molecule has 0 aliphatic rings. The number of hydrogen-bond donors (Lipinski definition) is 1. The Morgan fingerprint density at radius 1 is 1.11 bits per heavy atom. The fourth-order valence-corrected chi connectivity index (χ4v) is 1.82. The van der Waals surface area contributed by atoms with Gasteiger partial charge in [0.15, 0.2) is 11.6 Å². The third-order valence-electron chi connectivity index (χ3n) is 2.59. The van der Waals surface area contributed by atoms with E-state index in [0.29, 0.717) is 5.69 Å². The molecule has 5 heteroatoms. The quantitative estimate of drug-likeness (QED) is 0.848. The van der Waals surface area contributed by atoms with Gasteiger partial charge in [0.05, 0.1) is 0 Å². The summed E-state index contributed by atoms with van der Waals surface area (Å²) in [6.45, 7) is 0. The van der Waals surface area contributed by atoms with E-state index in [4.69, 9.17) is 11.6 Å². The number of nitrogens with one attached hydrogen (secondary N) is 1. The molecule has 2 nitrogen and oxygen atoms in total. The van der Waals surface area contributed by atoms with Crippen LogP contribution in [0.25, 0.3) is 0 Å². The van der Waals surface area contributed by atoms with Gasteiger partial charge in [0, 0.05) is 17.1 Å². The molecule has 0 unspecified atom stereocenters. The summed E-state index contributed by atoms with van der Waals surface area (Å²) in [4.78, 5) is 11.9. The van der Waals surface area contributed by atoms with E-state index >= 15 is 0 Å². The minimum atomic E-state index is -1.06. The largest absolute Gasteiger partial charge is 0.322 e. The predicted octanol–water partition coefficient (Wildman–Crippen LogP) is 3.96. The Kier molecular flexibility index (Phi) is 4.12. The van der Waals surface area contributed by atoms with Gasteiger partial charge in [-0.1, -0.05) is 18.2 Å². The zero-order valence-electron chi connectivity index (χ0n) is 9.79. The number of halogens is 3. The maximum atomic E-state index is 13.0. The molecule has 0 heterocycles. The van der Waals surface area contributed by atoms with Gasteiger partial charge in [0.1, 0.15) is 0 Å². The second kappa shape index (κ2) is 5.80. The minimum Gasteiger partial charge on any atom is -0.322 e. The van der Waals surface area contributed by atoms with Gasteiger partial charge in [-0.2, -0.15) is 0 Å². The summed E-state index contributed by atoms with van der Waals surface area (Å²) < 4.78 is 25.8. The Labute approximate surface area is 114 Å². The highest BCUT2D eigenvalue weighted by Crippen LogP contribution is 2.18. The zero-order chi connectivity index (χ0) is 13.8. The lowest BCUT2D eigenvalue weighted by Crippen LogP contribution is -2.13. The van der Waals surface area contributed by atoms with Gasteiger partial charge in [-0.15, -0.1) is 11.6 Å². The van der Waals surface area contributed by atoms with Gasteiger partial charge in [0.25, 0.3) is 5.91 Å². The summed E-state index contributed by atoms with van der Waals surface area (Å²) in [6.07, 6.45) is 0. The lowest BCUT2D eigenvalue weighted by molar-refractivity contribution is 0.102. The summed E-state index contributed by atoms with van der Waals surface area (Å²) in [6, 6.07) is 9.99. The van der Waals surface area contributed by atoms with Crippen molar-refractivity contribution in [2.24, 2.45) is 0 Å². The highest BCUT2D eigenvalue weighted by atomic mass is 35.5. The Morgan fingerprint density at radius 2 is 1.84 bits per heavy atom. The zero-order valence-corrected chi connectivity index (χ0v) is 10.5. The molecule has 0 aliphatic carbocycles. The van der Waals surface area contributed by atoms with Gasteiger partial charge < -0.3 is 5.32 Å². The van der Waals surface area contributed by atoms with Crippen LogP contribution < -0.4 is 5.32 Å². The van der Waals surface area contributed by atoms with Crippen molar-refractivity contribution in [1.29, 1.82) is 0 Å². The first-order valence-electron chi connectivity index (χ1n) is 5.52. The molecule has 19 heavy (non-hydrogen) atoms. The Bertz CT molecular complexity index is 616. The van der Waals surface area contributed by atoms with E-state index < -0.39 is 17.5 Å². The van der Waals surface area contributed by atoms with Crippen molar-refractivity contribution in [2.45, 2.75) is 5.88 Å². The fourth-order valence-electron chi connectivity index (χ4n) is 1.59. The molecule has 1 amide bonds. The van der Waals surface area contributed by atoms with Crippen molar-refractivity contribution in [3.63, 3.8) is 0 Å². The molecular weight excluding hydrogens is 272 g/mol. The molecule has 98 valence electrons. The van der Waals surface area contributed by atoms with E-state index in [2.05, 4.69) is 5.32 Å². The van der Waals surface area contributed by atoms with Crippen molar-refractivity contribution in [3.05, 3.63) is 65.2 Å². The first-order valence-corrected chi connectivity index (χ1v) is 6.05. The van der Waals surface area contributed by atoms with Crippen molar-refractivity contribution in [1.82, 2.24) is 0 Å². The lowest BCUT2D eigenvalue weighted by Gasteiger charge is -2.09. The molecule has 2 aromatic rings. The summed E-state index contributed by atoms with van der Waals surface area (Å²) in [5.41, 5.74) is 1.34. The number of amides is 1. The summed E-state index contributed by atoms with van der Waals surface area (Å²) in [5.74, 6) is -2.32. The number of rotatable bonds is 3. The van der Waals surface area contributed by atoms with Crippen LogP contribution in [0.4, 0.5) is 14.5 Å². The van der Waals surface area contributed by atoms with E-state index in [-0.39, 0.29) is 11.4 Å². The first-order chi connectivity index (χ1) is 9.11. The average Bonchev–Trinajstić information content (AvgIpc) is 2.42. The normalized spacial score (nSPS) is 10.3. The van der Waals surface area contributed by atoms with E-state index in [1.54, 1.807) is 24.3 Å². The number of carbonyl (C=O) groups is 1. The summed E-state index contributed by atoms with van der Waals surface area (Å²) in [7, 11) is 0. The van der Waals surface area contributed by atoms with Crippen LogP contribution in [0, 0.1) is 11.6 Å². The van der Waals surface area contributed by atoms with Crippen LogP contribution in [0.3, 0.4) is 0 Å². The third-order valence-corrected chi connectivity index (χ3v) is 2.88. The first kappa shape index (κ1) is 13.5. The van der Waals surface area contributed by atoms with E-state index in [0.717, 1.165) is 17.7 Å². The number of anilines is 1. The van der Waals surface area contributed by atoms with Crippen LogP contribution in [0.15, 0.2) is 42.5 Å². The summed E-state index contributed by atoms with van der Waals surface area (Å²) >= 11 is 5.75. The standard InChI is InChI=1S/C14H10ClF2NO/c15-8-10-3-1-2-4-13(10)18-14(19)9-5-6-11(16)12(17)7-9/h1-7H,8H2,(H,18,19). The number of carbonyl (C=O) groups excluding carboxylic acids is 1. The summed E-state index contributed by atoms with van der Waals surface area (Å²) in [5, 5.41) is 2.61. The maximum absolute atomic E-state index is 13.0. The number of alkyl halides is 1. The van der Waals surface area contributed by atoms with Gasteiger partial charge in [0.2, 0.25) is 0 Å². The topological polar surface area (TPSA) is 29.1 Å². The molecular formula is C14H10ClF2NO. The smallest absolute Gasteiger partial charge is 0.255 e. The monoisotopic (exact) mass is 281 g/mol. The molecule has 2 rings (SSSR count). The van der Waals surface area contributed by atoms with Gasteiger partial charge >= 0.3 is 0 Å². The molecule has 0 radical (unpaired) electrons. The number of benzene rings is 2. The molecule has 0 aliphatic heterocycles. The molecule has 0 atom stereocenters. The van der Waals surface area contributed by atoms with Crippen LogP contribution in [0.1, 0.15) is 15.9 Å². The third kappa shape index (κ3) is 3.09. The van der Waals surface area contributed by atoms with E-state index in [1.165, 1.54) is 6.07 Å². The Morgan fingerprint density at radius 3 is 2.53 bits per heavy atom. The second-order valence-electron chi connectivity index (χ2n) is 3.87. The van der Waals surface area contributed by atoms with Crippen LogP contribution in [0.2, 0.25) is 0 Å². The Hall–Kier alpha value is -1.94. The molecule has 1 N–H and O–H groups in total. The van der Waals surface area contributed by atoms with Crippen LogP contribution >= 0.6 is 11.6 Å². The molecule has 0 aromatic heterocycles. The minimum absolute atomic E-state index is 0.0447. The van der Waals surface area contributed by atoms with Gasteiger partial charge in [-0.25, -0.2) is 8.78 Å². The van der Waals surface area contributed by atoms with Crippen molar-refractivity contribution >= 4 is 23.2 Å². The van der Waals surface area contributed by atoms with Crippen molar-refractivity contribution < 1.29 is 13.6 Å². The van der Waals surface area contributed by atoms with Crippen LogP contribution in [-0.2, 0) is 5.88 Å². The molecule has 0 fully saturated rings. The number of para-hydroxylation sites is 1. The predicted molar refractivity (Wildman–Crippen MR) is 70.3 cm³/mol. The van der Waals surface area contributed by atoms with Crippen molar-refractivity contribution in [2.75, 3.05) is 5.32 Å². The highest BCUT2D eigenvalue weighted by Gasteiger charge is 2.11. The van der Waals surface area contributed by atoms with Gasteiger partial charge in [-0.05, 0) is 29.8 Å². The van der Waals surface area contributed by atoms with E-state index in [9.17, 15) is 13.6 Å². The average molecular weight is 282 g/mol. The molecule has 0 saturated carbocycles. The van der Waals surface area contributed by atoms with Crippen molar-refractivity contribution in [3.8, 4) is 0 Å². The SMILES string of the molecule is O=C(Nc1ccccc1CCl)c1ccc(F)c(F)c1. The lowest BCUT2D eigenvalue weighted by atomic mass is 10.1. The second-order valence-corrected chi connectivity index (χ2v) is 4.14. The van der Waals surface area contributed by atoms with Crippen LogP contribution in [0.5, 0.6) is 0 Å².